The van der Waals surface area contributed by atoms with Crippen LogP contribution in [-0.2, 0) is 4.74 Å². The smallest absolute Gasteiger partial charge is 0.410 e. The summed E-state index contributed by atoms with van der Waals surface area (Å²) in [6, 6.07) is 0. The number of ether oxygens (including phenoxy) is 1. The third kappa shape index (κ3) is 3.99. The zero-order chi connectivity index (χ0) is 11.6. The number of alkyl halides is 1. The summed E-state index contributed by atoms with van der Waals surface area (Å²) in [5, 5.41) is 9.48. The van der Waals surface area contributed by atoms with E-state index in [4.69, 9.17) is 4.74 Å². The van der Waals surface area contributed by atoms with Crippen LogP contribution in [0, 0.1) is 0 Å². The summed E-state index contributed by atoms with van der Waals surface area (Å²) in [5.74, 6) is 0. The predicted octanol–water partition coefficient (Wildman–Crippen LogP) is 1.75. The van der Waals surface area contributed by atoms with E-state index in [-0.39, 0.29) is 17.0 Å². The number of carbonyl (C=O) groups is 1. The molecule has 0 unspecified atom stereocenters. The van der Waals surface area contributed by atoms with Crippen molar-refractivity contribution in [2.75, 3.05) is 13.1 Å². The minimum absolute atomic E-state index is 0.0567. The van der Waals surface area contributed by atoms with Crippen molar-refractivity contribution in [2.24, 2.45) is 0 Å². The number of hydrogen-bond acceptors (Lipinski definition) is 3. The molecule has 1 N–H and O–H groups in total. The molecule has 0 aromatic rings. The van der Waals surface area contributed by atoms with Crippen molar-refractivity contribution in [2.45, 2.75) is 43.7 Å². The number of carbonyl (C=O) groups excluding carboxylic acids is 1. The molecule has 5 heteroatoms. The number of aliphatic hydroxyl groups excluding tert-OH is 1. The third-order valence-electron chi connectivity index (χ3n) is 2.16. The average Bonchev–Trinajstić information content (AvgIpc) is 2.06. The molecule has 0 spiro atoms. The fourth-order valence-corrected chi connectivity index (χ4v) is 2.00. The lowest BCUT2D eigenvalue weighted by Crippen LogP contribution is -2.48. The van der Waals surface area contributed by atoms with E-state index in [1.807, 2.05) is 20.8 Å². The van der Waals surface area contributed by atoms with E-state index in [1.165, 1.54) is 0 Å². The first kappa shape index (κ1) is 12.8. The van der Waals surface area contributed by atoms with Crippen LogP contribution < -0.4 is 0 Å². The van der Waals surface area contributed by atoms with Crippen LogP contribution in [0.5, 0.6) is 0 Å². The van der Waals surface area contributed by atoms with E-state index in [2.05, 4.69) is 15.9 Å². The highest BCUT2D eigenvalue weighted by molar-refractivity contribution is 9.09. The predicted molar refractivity (Wildman–Crippen MR) is 61.1 cm³/mol. The summed E-state index contributed by atoms with van der Waals surface area (Å²) in [6.45, 7) is 6.58. The van der Waals surface area contributed by atoms with Gasteiger partial charge in [-0.15, -0.1) is 0 Å². The monoisotopic (exact) mass is 279 g/mol. The van der Waals surface area contributed by atoms with Crippen LogP contribution in [0.15, 0.2) is 0 Å². The zero-order valence-electron chi connectivity index (χ0n) is 9.36. The molecule has 1 saturated heterocycles. The SMILES string of the molecule is CC(C)(C)OC(=O)N1CC[C@H](O)[C@H](Br)C1. The van der Waals surface area contributed by atoms with Gasteiger partial charge in [0.25, 0.3) is 0 Å². The second-order valence-electron chi connectivity index (χ2n) is 4.80. The molecular weight excluding hydrogens is 262 g/mol. The highest BCUT2D eigenvalue weighted by atomic mass is 79.9. The summed E-state index contributed by atoms with van der Waals surface area (Å²) in [4.78, 5) is 13.2. The maximum absolute atomic E-state index is 11.7. The molecule has 1 aliphatic rings. The molecule has 0 aromatic carbocycles. The van der Waals surface area contributed by atoms with E-state index in [1.54, 1.807) is 4.90 Å². The lowest BCUT2D eigenvalue weighted by atomic mass is 10.1. The van der Waals surface area contributed by atoms with Gasteiger partial charge in [-0.25, -0.2) is 4.79 Å². The molecule has 0 aliphatic carbocycles. The molecular formula is C10H18BrNO3. The lowest BCUT2D eigenvalue weighted by Gasteiger charge is -2.34. The Labute approximate surface area is 98.7 Å². The van der Waals surface area contributed by atoms with Crippen molar-refractivity contribution in [1.29, 1.82) is 0 Å². The van der Waals surface area contributed by atoms with Gasteiger partial charge in [-0.1, -0.05) is 15.9 Å². The maximum Gasteiger partial charge on any atom is 0.410 e. The van der Waals surface area contributed by atoms with Crippen LogP contribution in [-0.4, -0.2) is 45.7 Å². The van der Waals surface area contributed by atoms with Crippen LogP contribution in [0.3, 0.4) is 0 Å². The van der Waals surface area contributed by atoms with Crippen molar-refractivity contribution in [3.8, 4) is 0 Å². The number of hydrogen-bond donors (Lipinski definition) is 1. The zero-order valence-corrected chi connectivity index (χ0v) is 11.0. The van der Waals surface area contributed by atoms with Crippen LogP contribution in [0.4, 0.5) is 4.79 Å². The maximum atomic E-state index is 11.7. The summed E-state index contributed by atoms with van der Waals surface area (Å²) < 4.78 is 5.25. The number of nitrogens with zero attached hydrogens (tertiary/aromatic N) is 1. The van der Waals surface area contributed by atoms with Gasteiger partial charge in [0.1, 0.15) is 5.60 Å². The molecule has 0 bridgehead atoms. The molecule has 1 rings (SSSR count). The van der Waals surface area contributed by atoms with Crippen molar-refractivity contribution < 1.29 is 14.6 Å². The summed E-state index contributed by atoms with van der Waals surface area (Å²) in [7, 11) is 0. The largest absolute Gasteiger partial charge is 0.444 e. The fraction of sp³-hybridized carbons (Fsp3) is 0.900. The van der Waals surface area contributed by atoms with Crippen LogP contribution in [0.25, 0.3) is 0 Å². The molecule has 0 aromatic heterocycles. The number of amides is 1. The highest BCUT2D eigenvalue weighted by Crippen LogP contribution is 2.19. The molecule has 1 fully saturated rings. The van der Waals surface area contributed by atoms with Crippen molar-refractivity contribution in [3.63, 3.8) is 0 Å². The molecule has 0 radical (unpaired) electrons. The van der Waals surface area contributed by atoms with Gasteiger partial charge in [-0.3, -0.25) is 0 Å². The van der Waals surface area contributed by atoms with Crippen LogP contribution in [0.2, 0.25) is 0 Å². The Kier molecular flexibility index (Phi) is 4.00. The molecule has 1 amide bonds. The lowest BCUT2D eigenvalue weighted by molar-refractivity contribution is 0.0120. The van der Waals surface area contributed by atoms with Gasteiger partial charge in [0.2, 0.25) is 0 Å². The van der Waals surface area contributed by atoms with Gasteiger partial charge in [0.15, 0.2) is 0 Å². The van der Waals surface area contributed by atoms with E-state index in [9.17, 15) is 9.90 Å². The minimum atomic E-state index is -0.463. The number of halogens is 1. The van der Waals surface area contributed by atoms with Gasteiger partial charge >= 0.3 is 6.09 Å². The van der Waals surface area contributed by atoms with Crippen LogP contribution in [0.1, 0.15) is 27.2 Å². The van der Waals surface area contributed by atoms with E-state index in [0.29, 0.717) is 19.5 Å². The number of aliphatic hydroxyl groups is 1. The molecule has 4 nitrogen and oxygen atoms in total. The molecule has 1 aliphatic heterocycles. The number of rotatable bonds is 0. The van der Waals surface area contributed by atoms with Crippen molar-refractivity contribution in [3.05, 3.63) is 0 Å². The topological polar surface area (TPSA) is 49.8 Å². The van der Waals surface area contributed by atoms with E-state index in [0.717, 1.165) is 0 Å². The highest BCUT2D eigenvalue weighted by Gasteiger charge is 2.30. The quantitative estimate of drug-likeness (QED) is 0.688. The van der Waals surface area contributed by atoms with E-state index < -0.39 is 5.60 Å². The first-order chi connectivity index (χ1) is 6.79. The Morgan fingerprint density at radius 2 is 2.13 bits per heavy atom. The first-order valence-electron chi connectivity index (χ1n) is 5.09. The number of likely N-dealkylation sites (tertiary alicyclic amines) is 1. The van der Waals surface area contributed by atoms with Gasteiger partial charge in [-0.05, 0) is 27.2 Å². The average molecular weight is 280 g/mol. The van der Waals surface area contributed by atoms with Gasteiger partial charge in [-0.2, -0.15) is 0 Å². The molecule has 0 saturated carbocycles. The Morgan fingerprint density at radius 3 is 2.60 bits per heavy atom. The minimum Gasteiger partial charge on any atom is -0.444 e. The Balaban J connectivity index is 2.48. The van der Waals surface area contributed by atoms with Crippen LogP contribution >= 0.6 is 15.9 Å². The molecule has 88 valence electrons. The molecule has 2 atom stereocenters. The standard InChI is InChI=1S/C10H18BrNO3/c1-10(2,3)15-9(14)12-5-4-8(13)7(11)6-12/h7-8,13H,4-6H2,1-3H3/t7-,8+/m1/s1. The second kappa shape index (κ2) is 4.70. The normalized spacial score (nSPS) is 27.7. The number of piperidine rings is 1. The Bertz CT molecular complexity index is 239. The van der Waals surface area contributed by atoms with Crippen molar-refractivity contribution >= 4 is 22.0 Å². The van der Waals surface area contributed by atoms with Gasteiger partial charge in [0, 0.05) is 13.1 Å². The second-order valence-corrected chi connectivity index (χ2v) is 5.97. The molecule has 15 heavy (non-hydrogen) atoms. The summed E-state index contributed by atoms with van der Waals surface area (Å²) in [5.41, 5.74) is -0.463. The van der Waals surface area contributed by atoms with Crippen molar-refractivity contribution in [1.82, 2.24) is 4.90 Å². The summed E-state index contributed by atoms with van der Waals surface area (Å²) in [6.07, 6.45) is -0.0858. The van der Waals surface area contributed by atoms with Gasteiger partial charge in [0.05, 0.1) is 10.9 Å². The van der Waals surface area contributed by atoms with Gasteiger partial charge < -0.3 is 14.7 Å². The fourth-order valence-electron chi connectivity index (χ4n) is 1.38. The third-order valence-corrected chi connectivity index (χ3v) is 3.06. The molecule has 1 heterocycles. The summed E-state index contributed by atoms with van der Waals surface area (Å²) >= 11 is 3.34. The first-order valence-corrected chi connectivity index (χ1v) is 6.01. The Morgan fingerprint density at radius 1 is 1.53 bits per heavy atom. The Hall–Kier alpha value is -0.290. The van der Waals surface area contributed by atoms with E-state index >= 15 is 0 Å².